The summed E-state index contributed by atoms with van der Waals surface area (Å²) >= 11 is 1.35. The molecule has 0 radical (unpaired) electrons. The number of rotatable bonds is 2. The Hall–Kier alpha value is -1.14. The second kappa shape index (κ2) is 4.51. The van der Waals surface area contributed by atoms with Crippen molar-refractivity contribution in [3.05, 3.63) is 28.8 Å². The fourth-order valence-electron chi connectivity index (χ4n) is 1.55. The molecule has 0 amide bonds. The minimum atomic E-state index is -4.34. The van der Waals surface area contributed by atoms with Gasteiger partial charge in [0.2, 0.25) is 0 Å². The number of benzene rings is 1. The third-order valence-corrected chi connectivity index (χ3v) is 3.87. The number of fused-ring (bicyclic) bond motifs is 1. The van der Waals surface area contributed by atoms with Gasteiger partial charge in [-0.25, -0.2) is 4.98 Å². The summed E-state index contributed by atoms with van der Waals surface area (Å²) in [6.45, 7) is 3.91. The molecule has 1 atom stereocenters. The monoisotopic (exact) mass is 274 g/mol. The normalized spacial score (nSPS) is 14.4. The van der Waals surface area contributed by atoms with Gasteiger partial charge in [0.25, 0.3) is 0 Å². The maximum Gasteiger partial charge on any atom is 0.416 e. The molecule has 98 valence electrons. The largest absolute Gasteiger partial charge is 0.416 e. The van der Waals surface area contributed by atoms with Crippen molar-refractivity contribution in [3.63, 3.8) is 0 Å². The van der Waals surface area contributed by atoms with E-state index in [-0.39, 0.29) is 12.0 Å². The zero-order chi connectivity index (χ0) is 13.5. The Morgan fingerprint density at radius 1 is 1.28 bits per heavy atom. The molecule has 0 fully saturated rings. The molecule has 0 bridgehead atoms. The fraction of sp³-hybridized carbons (Fsp3) is 0.417. The number of aromatic nitrogens is 1. The van der Waals surface area contributed by atoms with Crippen LogP contribution in [0, 0.1) is 5.92 Å². The average molecular weight is 274 g/mol. The SMILES string of the molecule is CC(C)C(N)c1nc2cc(C(F)(F)F)ccc2s1. The van der Waals surface area contributed by atoms with Crippen molar-refractivity contribution in [3.8, 4) is 0 Å². The highest BCUT2D eigenvalue weighted by Gasteiger charge is 2.31. The van der Waals surface area contributed by atoms with E-state index < -0.39 is 11.7 Å². The molecular formula is C12H13F3N2S. The molecular weight excluding hydrogens is 261 g/mol. The Labute approximate surface area is 107 Å². The van der Waals surface area contributed by atoms with Gasteiger partial charge in [0.15, 0.2) is 0 Å². The lowest BCUT2D eigenvalue weighted by atomic mass is 10.1. The molecule has 1 aromatic carbocycles. The highest BCUT2D eigenvalue weighted by molar-refractivity contribution is 7.18. The molecule has 0 aliphatic rings. The highest BCUT2D eigenvalue weighted by Crippen LogP contribution is 2.34. The van der Waals surface area contributed by atoms with Crippen LogP contribution in [0.4, 0.5) is 13.2 Å². The van der Waals surface area contributed by atoms with Crippen LogP contribution in [0.25, 0.3) is 10.2 Å². The van der Waals surface area contributed by atoms with Gasteiger partial charge in [0, 0.05) is 0 Å². The summed E-state index contributed by atoms with van der Waals surface area (Å²) in [6.07, 6.45) is -4.34. The maximum atomic E-state index is 12.6. The zero-order valence-electron chi connectivity index (χ0n) is 9.95. The van der Waals surface area contributed by atoms with Gasteiger partial charge in [0.05, 0.1) is 21.8 Å². The van der Waals surface area contributed by atoms with Crippen LogP contribution in [0.15, 0.2) is 18.2 Å². The molecule has 18 heavy (non-hydrogen) atoms. The van der Waals surface area contributed by atoms with E-state index in [0.29, 0.717) is 10.5 Å². The first-order valence-corrected chi connectivity index (χ1v) is 6.34. The summed E-state index contributed by atoms with van der Waals surface area (Å²) in [4.78, 5) is 4.20. The lowest BCUT2D eigenvalue weighted by Gasteiger charge is -2.11. The molecule has 0 spiro atoms. The number of nitrogens with two attached hydrogens (primary N) is 1. The van der Waals surface area contributed by atoms with Gasteiger partial charge >= 0.3 is 6.18 Å². The molecule has 0 aliphatic carbocycles. The van der Waals surface area contributed by atoms with Crippen molar-refractivity contribution in [1.82, 2.24) is 4.98 Å². The van der Waals surface area contributed by atoms with E-state index in [1.165, 1.54) is 17.4 Å². The first kappa shape index (κ1) is 13.3. The lowest BCUT2D eigenvalue weighted by Crippen LogP contribution is -2.16. The van der Waals surface area contributed by atoms with Gasteiger partial charge < -0.3 is 5.73 Å². The van der Waals surface area contributed by atoms with E-state index in [2.05, 4.69) is 4.98 Å². The molecule has 0 saturated carbocycles. The maximum absolute atomic E-state index is 12.6. The average Bonchev–Trinajstić information content (AvgIpc) is 2.68. The fourth-order valence-corrected chi connectivity index (χ4v) is 2.67. The summed E-state index contributed by atoms with van der Waals surface area (Å²) in [6, 6.07) is 3.36. The summed E-state index contributed by atoms with van der Waals surface area (Å²) < 4.78 is 38.4. The smallest absolute Gasteiger partial charge is 0.322 e. The van der Waals surface area contributed by atoms with Gasteiger partial charge in [0.1, 0.15) is 5.01 Å². The highest BCUT2D eigenvalue weighted by atomic mass is 32.1. The third-order valence-electron chi connectivity index (χ3n) is 2.73. The van der Waals surface area contributed by atoms with Crippen molar-refractivity contribution in [2.75, 3.05) is 0 Å². The van der Waals surface area contributed by atoms with Crippen LogP contribution >= 0.6 is 11.3 Å². The van der Waals surface area contributed by atoms with E-state index >= 15 is 0 Å². The van der Waals surface area contributed by atoms with E-state index in [1.54, 1.807) is 0 Å². The Morgan fingerprint density at radius 3 is 2.50 bits per heavy atom. The molecule has 1 unspecified atom stereocenters. The van der Waals surface area contributed by atoms with Crippen molar-refractivity contribution >= 4 is 21.6 Å². The number of hydrogen-bond donors (Lipinski definition) is 1. The van der Waals surface area contributed by atoms with Crippen LogP contribution < -0.4 is 5.73 Å². The first-order chi connectivity index (χ1) is 8.29. The van der Waals surface area contributed by atoms with E-state index in [1.807, 2.05) is 13.8 Å². The van der Waals surface area contributed by atoms with Gasteiger partial charge in [-0.1, -0.05) is 13.8 Å². The molecule has 1 heterocycles. The minimum Gasteiger partial charge on any atom is -0.322 e. The Kier molecular flexibility index (Phi) is 3.33. The van der Waals surface area contributed by atoms with Crippen LogP contribution in [-0.2, 0) is 6.18 Å². The van der Waals surface area contributed by atoms with Crippen LogP contribution in [-0.4, -0.2) is 4.98 Å². The molecule has 1 aromatic heterocycles. The van der Waals surface area contributed by atoms with Crippen LogP contribution in [0.2, 0.25) is 0 Å². The van der Waals surface area contributed by atoms with Crippen molar-refractivity contribution in [2.45, 2.75) is 26.1 Å². The van der Waals surface area contributed by atoms with E-state index in [0.717, 1.165) is 16.8 Å². The third kappa shape index (κ3) is 2.49. The number of hydrogen-bond acceptors (Lipinski definition) is 3. The van der Waals surface area contributed by atoms with Gasteiger partial charge in [-0.15, -0.1) is 11.3 Å². The number of halogens is 3. The molecule has 2 rings (SSSR count). The summed E-state index contributed by atoms with van der Waals surface area (Å²) in [5, 5.41) is 0.680. The number of thiazole rings is 1. The van der Waals surface area contributed by atoms with Crippen molar-refractivity contribution < 1.29 is 13.2 Å². The standard InChI is InChI=1S/C12H13F3N2S/c1-6(2)10(16)11-17-8-5-7(12(13,14)15)3-4-9(8)18-11/h3-6,10H,16H2,1-2H3. The Balaban J connectivity index is 2.46. The minimum absolute atomic E-state index is 0.202. The predicted octanol–water partition coefficient (Wildman–Crippen LogP) is 3.97. The zero-order valence-corrected chi connectivity index (χ0v) is 10.8. The van der Waals surface area contributed by atoms with Crippen molar-refractivity contribution in [1.29, 1.82) is 0 Å². The van der Waals surface area contributed by atoms with Crippen LogP contribution in [0.5, 0.6) is 0 Å². The van der Waals surface area contributed by atoms with Gasteiger partial charge in [-0.2, -0.15) is 13.2 Å². The second-order valence-corrected chi connectivity index (χ2v) is 5.56. The molecule has 6 heteroatoms. The lowest BCUT2D eigenvalue weighted by molar-refractivity contribution is -0.137. The molecule has 0 aliphatic heterocycles. The molecule has 2 nitrogen and oxygen atoms in total. The molecule has 2 N–H and O–H groups in total. The second-order valence-electron chi connectivity index (χ2n) is 4.50. The van der Waals surface area contributed by atoms with Gasteiger partial charge in [-0.3, -0.25) is 0 Å². The van der Waals surface area contributed by atoms with E-state index in [9.17, 15) is 13.2 Å². The predicted molar refractivity (Wildman–Crippen MR) is 66.4 cm³/mol. The van der Waals surface area contributed by atoms with Gasteiger partial charge in [-0.05, 0) is 24.1 Å². The molecule has 2 aromatic rings. The van der Waals surface area contributed by atoms with E-state index in [4.69, 9.17) is 5.73 Å². The summed E-state index contributed by atoms with van der Waals surface area (Å²) in [5.41, 5.74) is 5.64. The summed E-state index contributed by atoms with van der Waals surface area (Å²) in [7, 11) is 0. The van der Waals surface area contributed by atoms with Crippen LogP contribution in [0.1, 0.15) is 30.5 Å². The Bertz CT molecular complexity index is 560. The first-order valence-electron chi connectivity index (χ1n) is 5.52. The molecule has 0 saturated heterocycles. The summed E-state index contributed by atoms with van der Waals surface area (Å²) in [5.74, 6) is 0.202. The Morgan fingerprint density at radius 2 is 1.94 bits per heavy atom. The van der Waals surface area contributed by atoms with Crippen molar-refractivity contribution in [2.24, 2.45) is 11.7 Å². The number of alkyl halides is 3. The quantitative estimate of drug-likeness (QED) is 0.900. The number of nitrogens with zero attached hydrogens (tertiary/aromatic N) is 1. The van der Waals surface area contributed by atoms with Crippen LogP contribution in [0.3, 0.4) is 0 Å². The topological polar surface area (TPSA) is 38.9 Å².